The summed E-state index contributed by atoms with van der Waals surface area (Å²) in [7, 11) is 1.92. The Labute approximate surface area is 107 Å². The van der Waals surface area contributed by atoms with Crippen molar-refractivity contribution in [2.45, 2.75) is 31.8 Å². The van der Waals surface area contributed by atoms with Gasteiger partial charge < -0.3 is 10.8 Å². The third kappa shape index (κ3) is 2.40. The molecule has 0 saturated carbocycles. The van der Waals surface area contributed by atoms with E-state index in [0.717, 1.165) is 23.0 Å². The van der Waals surface area contributed by atoms with Crippen LogP contribution in [0.4, 0.5) is 0 Å². The van der Waals surface area contributed by atoms with E-state index in [0.29, 0.717) is 12.8 Å². The second kappa shape index (κ2) is 5.08. The number of nitrogens with zero attached hydrogens (tertiary/aromatic N) is 2. The van der Waals surface area contributed by atoms with Crippen LogP contribution in [0, 0.1) is 0 Å². The van der Waals surface area contributed by atoms with Gasteiger partial charge in [-0.05, 0) is 12.5 Å². The zero-order chi connectivity index (χ0) is 13.2. The van der Waals surface area contributed by atoms with Gasteiger partial charge in [-0.3, -0.25) is 4.68 Å². The van der Waals surface area contributed by atoms with Crippen molar-refractivity contribution in [2.24, 2.45) is 12.8 Å². The Morgan fingerprint density at radius 3 is 2.78 bits per heavy atom. The van der Waals surface area contributed by atoms with Gasteiger partial charge in [0, 0.05) is 25.4 Å². The summed E-state index contributed by atoms with van der Waals surface area (Å²) < 4.78 is 1.85. The molecule has 0 bridgehead atoms. The molecule has 18 heavy (non-hydrogen) atoms. The summed E-state index contributed by atoms with van der Waals surface area (Å²) in [5, 5.41) is 16.1. The zero-order valence-corrected chi connectivity index (χ0v) is 11.1. The maximum Gasteiger partial charge on any atom is 0.0825 e. The van der Waals surface area contributed by atoms with E-state index in [2.05, 4.69) is 12.0 Å². The van der Waals surface area contributed by atoms with Crippen molar-refractivity contribution in [2.75, 3.05) is 6.54 Å². The number of hydrogen-bond acceptors (Lipinski definition) is 3. The molecule has 1 aromatic heterocycles. The minimum Gasteiger partial charge on any atom is -0.388 e. The summed E-state index contributed by atoms with van der Waals surface area (Å²) in [5.74, 6) is 0. The van der Waals surface area contributed by atoms with Crippen LogP contribution in [-0.2, 0) is 13.5 Å². The lowest BCUT2D eigenvalue weighted by atomic mass is 9.91. The van der Waals surface area contributed by atoms with Crippen LogP contribution in [0.1, 0.15) is 25.5 Å². The highest BCUT2D eigenvalue weighted by atomic mass is 16.3. The molecule has 4 nitrogen and oxygen atoms in total. The number of hydrogen-bond donors (Lipinski definition) is 2. The molecule has 1 atom stereocenters. The maximum atomic E-state index is 10.5. The molecular formula is C14H21N3O. The molecule has 0 radical (unpaired) electrons. The lowest BCUT2D eigenvalue weighted by Crippen LogP contribution is -2.40. The van der Waals surface area contributed by atoms with E-state index in [-0.39, 0.29) is 6.54 Å². The van der Waals surface area contributed by atoms with E-state index >= 15 is 0 Å². The van der Waals surface area contributed by atoms with Crippen molar-refractivity contribution in [3.8, 4) is 0 Å². The molecule has 98 valence electrons. The summed E-state index contributed by atoms with van der Waals surface area (Å²) in [5.41, 5.74) is 6.88. The molecule has 1 aromatic carbocycles. The fourth-order valence-corrected chi connectivity index (χ4v) is 2.46. The molecule has 4 heteroatoms. The number of rotatable bonds is 5. The number of nitrogens with two attached hydrogens (primary N) is 1. The fourth-order valence-electron chi connectivity index (χ4n) is 2.46. The molecule has 1 heterocycles. The third-order valence-corrected chi connectivity index (χ3v) is 3.43. The Balaban J connectivity index is 2.37. The van der Waals surface area contributed by atoms with E-state index in [1.807, 2.05) is 36.0 Å². The Morgan fingerprint density at radius 2 is 2.11 bits per heavy atom. The standard InChI is InChI=1S/C14H21N3O/c1-3-8-14(18,10-15)9-12-11-6-4-5-7-13(11)17(2)16-12/h4-7,18H,3,8-10,15H2,1-2H3. The first-order chi connectivity index (χ1) is 8.59. The molecule has 2 rings (SSSR count). The van der Waals surface area contributed by atoms with Gasteiger partial charge >= 0.3 is 0 Å². The number of fused-ring (bicyclic) bond motifs is 1. The van der Waals surface area contributed by atoms with Crippen LogP contribution in [0.15, 0.2) is 24.3 Å². The molecule has 0 spiro atoms. The van der Waals surface area contributed by atoms with Crippen LogP contribution in [0.5, 0.6) is 0 Å². The van der Waals surface area contributed by atoms with Crippen LogP contribution < -0.4 is 5.73 Å². The lowest BCUT2D eigenvalue weighted by Gasteiger charge is -2.25. The smallest absolute Gasteiger partial charge is 0.0825 e. The van der Waals surface area contributed by atoms with Crippen LogP contribution >= 0.6 is 0 Å². The number of benzene rings is 1. The van der Waals surface area contributed by atoms with Crippen molar-refractivity contribution in [1.82, 2.24) is 9.78 Å². The summed E-state index contributed by atoms with van der Waals surface area (Å²) >= 11 is 0. The van der Waals surface area contributed by atoms with Crippen molar-refractivity contribution >= 4 is 10.9 Å². The minimum absolute atomic E-state index is 0.270. The monoisotopic (exact) mass is 247 g/mol. The number of para-hydroxylation sites is 1. The highest BCUT2D eigenvalue weighted by Gasteiger charge is 2.26. The SMILES string of the molecule is CCCC(O)(CN)Cc1nn(C)c2ccccc12. The summed E-state index contributed by atoms with van der Waals surface area (Å²) in [6, 6.07) is 8.07. The Bertz CT molecular complexity index is 535. The third-order valence-electron chi connectivity index (χ3n) is 3.43. The summed E-state index contributed by atoms with van der Waals surface area (Å²) in [6.07, 6.45) is 2.13. The molecule has 0 amide bonds. The molecule has 0 aliphatic heterocycles. The van der Waals surface area contributed by atoms with Crippen molar-refractivity contribution in [3.63, 3.8) is 0 Å². The van der Waals surface area contributed by atoms with Crippen LogP contribution in [-0.4, -0.2) is 27.0 Å². The number of aromatic nitrogens is 2. The molecule has 0 saturated heterocycles. The molecule has 0 aliphatic rings. The fraction of sp³-hybridized carbons (Fsp3) is 0.500. The predicted molar refractivity (Wildman–Crippen MR) is 73.3 cm³/mol. The van der Waals surface area contributed by atoms with Gasteiger partial charge in [0.25, 0.3) is 0 Å². The molecule has 0 aliphatic carbocycles. The topological polar surface area (TPSA) is 64.1 Å². The Kier molecular flexibility index (Phi) is 3.68. The first-order valence-corrected chi connectivity index (χ1v) is 6.42. The summed E-state index contributed by atoms with van der Waals surface area (Å²) in [6.45, 7) is 2.32. The van der Waals surface area contributed by atoms with Gasteiger partial charge in [0.05, 0.1) is 16.8 Å². The second-order valence-electron chi connectivity index (χ2n) is 4.94. The first kappa shape index (κ1) is 13.1. The van der Waals surface area contributed by atoms with Gasteiger partial charge in [0.1, 0.15) is 0 Å². The quantitative estimate of drug-likeness (QED) is 0.843. The van der Waals surface area contributed by atoms with Crippen LogP contribution in [0.3, 0.4) is 0 Å². The molecular weight excluding hydrogens is 226 g/mol. The average molecular weight is 247 g/mol. The van der Waals surface area contributed by atoms with Gasteiger partial charge in [0.2, 0.25) is 0 Å². The zero-order valence-electron chi connectivity index (χ0n) is 11.1. The van der Waals surface area contributed by atoms with Gasteiger partial charge in [-0.1, -0.05) is 31.5 Å². The largest absolute Gasteiger partial charge is 0.388 e. The van der Waals surface area contributed by atoms with Gasteiger partial charge in [-0.2, -0.15) is 5.10 Å². The van der Waals surface area contributed by atoms with Gasteiger partial charge in [0.15, 0.2) is 0 Å². The van der Waals surface area contributed by atoms with E-state index in [4.69, 9.17) is 5.73 Å². The van der Waals surface area contributed by atoms with Gasteiger partial charge in [-0.15, -0.1) is 0 Å². The van der Waals surface area contributed by atoms with Crippen molar-refractivity contribution in [1.29, 1.82) is 0 Å². The van der Waals surface area contributed by atoms with Crippen LogP contribution in [0.2, 0.25) is 0 Å². The lowest BCUT2D eigenvalue weighted by molar-refractivity contribution is 0.0391. The molecule has 1 unspecified atom stereocenters. The average Bonchev–Trinajstić information content (AvgIpc) is 2.67. The maximum absolute atomic E-state index is 10.5. The summed E-state index contributed by atoms with van der Waals surface area (Å²) in [4.78, 5) is 0. The number of aryl methyl sites for hydroxylation is 1. The first-order valence-electron chi connectivity index (χ1n) is 6.42. The van der Waals surface area contributed by atoms with Crippen molar-refractivity contribution < 1.29 is 5.11 Å². The van der Waals surface area contributed by atoms with E-state index in [1.165, 1.54) is 0 Å². The molecule has 0 fully saturated rings. The van der Waals surface area contributed by atoms with E-state index in [9.17, 15) is 5.11 Å². The second-order valence-corrected chi connectivity index (χ2v) is 4.94. The minimum atomic E-state index is -0.841. The van der Waals surface area contributed by atoms with E-state index < -0.39 is 5.60 Å². The molecule has 2 aromatic rings. The molecule has 3 N–H and O–H groups in total. The highest BCUT2D eigenvalue weighted by molar-refractivity contribution is 5.81. The number of aliphatic hydroxyl groups is 1. The van der Waals surface area contributed by atoms with Crippen LogP contribution in [0.25, 0.3) is 10.9 Å². The normalized spacial score (nSPS) is 14.9. The van der Waals surface area contributed by atoms with E-state index in [1.54, 1.807) is 0 Å². The Morgan fingerprint density at radius 1 is 1.39 bits per heavy atom. The van der Waals surface area contributed by atoms with Crippen molar-refractivity contribution in [3.05, 3.63) is 30.0 Å². The predicted octanol–water partition coefficient (Wildman–Crippen LogP) is 1.61. The Hall–Kier alpha value is -1.39. The highest BCUT2D eigenvalue weighted by Crippen LogP contribution is 2.23. The van der Waals surface area contributed by atoms with Gasteiger partial charge in [-0.25, -0.2) is 0 Å².